The number of amides is 3. The lowest BCUT2D eigenvalue weighted by molar-refractivity contribution is 0.0941. The molecule has 4 rings (SSSR count). The summed E-state index contributed by atoms with van der Waals surface area (Å²) in [6.45, 7) is 6.05. The van der Waals surface area contributed by atoms with Gasteiger partial charge in [0.1, 0.15) is 32.1 Å². The molecule has 0 radical (unpaired) electrons. The maximum atomic E-state index is 12.5. The molecule has 0 fully saturated rings. The number of carbonyl (C=O) groups excluding carboxylic acids is 3. The highest BCUT2D eigenvalue weighted by Gasteiger charge is 2.21. The third-order valence-corrected chi connectivity index (χ3v) is 7.28. The van der Waals surface area contributed by atoms with Gasteiger partial charge >= 0.3 is 0 Å². The number of aromatic nitrogens is 3. The predicted molar refractivity (Wildman–Crippen MR) is 114 cm³/mol. The van der Waals surface area contributed by atoms with E-state index in [2.05, 4.69) is 30.9 Å². The van der Waals surface area contributed by atoms with Crippen LogP contribution in [0, 0.1) is 20.8 Å². The fourth-order valence-corrected chi connectivity index (χ4v) is 5.54. The van der Waals surface area contributed by atoms with E-state index in [9.17, 15) is 14.4 Å². The summed E-state index contributed by atoms with van der Waals surface area (Å²) in [6.07, 6.45) is 0. The van der Waals surface area contributed by atoms with E-state index in [-0.39, 0.29) is 37.4 Å². The number of nitrogens with one attached hydrogen (secondary N) is 3. The summed E-state index contributed by atoms with van der Waals surface area (Å²) in [5.74, 6) is -0.955. The van der Waals surface area contributed by atoms with Crippen LogP contribution in [0.1, 0.15) is 61.1 Å². The SMILES string of the molecule is Cc1sc2nc1C(=O)NCc1nc(c(C)s1)C(=O)NCc1nc(c(C)s1)C(=O)NC2. The van der Waals surface area contributed by atoms with Crippen LogP contribution in [0.4, 0.5) is 0 Å². The quantitative estimate of drug-likeness (QED) is 0.470. The second kappa shape index (κ2) is 8.20. The largest absolute Gasteiger partial charge is 0.344 e. The Bertz CT molecular complexity index is 1020. The fourth-order valence-electron chi connectivity index (χ4n) is 2.93. The first-order valence-corrected chi connectivity index (χ1v) is 11.5. The number of fused-ring (bicyclic) bond motifs is 6. The number of thiazole rings is 3. The van der Waals surface area contributed by atoms with Crippen LogP contribution in [0.3, 0.4) is 0 Å². The van der Waals surface area contributed by atoms with Gasteiger partial charge in [0.2, 0.25) is 0 Å². The molecule has 3 aromatic rings. The van der Waals surface area contributed by atoms with Gasteiger partial charge < -0.3 is 16.0 Å². The van der Waals surface area contributed by atoms with Gasteiger partial charge in [-0.15, -0.1) is 34.0 Å². The van der Waals surface area contributed by atoms with Gasteiger partial charge in [-0.05, 0) is 20.8 Å². The van der Waals surface area contributed by atoms with Gasteiger partial charge in [-0.25, -0.2) is 15.0 Å². The van der Waals surface area contributed by atoms with E-state index in [4.69, 9.17) is 0 Å². The molecule has 0 spiro atoms. The van der Waals surface area contributed by atoms with E-state index in [0.29, 0.717) is 32.1 Å². The molecule has 30 heavy (non-hydrogen) atoms. The zero-order valence-electron chi connectivity index (χ0n) is 16.4. The van der Waals surface area contributed by atoms with E-state index in [1.807, 2.05) is 20.8 Å². The summed E-state index contributed by atoms with van der Waals surface area (Å²) >= 11 is 4.08. The van der Waals surface area contributed by atoms with E-state index >= 15 is 0 Å². The highest BCUT2D eigenvalue weighted by molar-refractivity contribution is 7.12. The Labute approximate surface area is 184 Å². The molecule has 1 aliphatic heterocycles. The van der Waals surface area contributed by atoms with Crippen molar-refractivity contribution in [3.05, 3.63) is 46.7 Å². The third kappa shape index (κ3) is 4.11. The standard InChI is InChI=1S/C18H18N6O3S3/c1-7-13-16(25)19-5-11-23-15(9(3)29-11)18(27)21-6-12-24-14(8(2)30-12)17(26)20-4-10(22-13)28-7/h4-6H2,1-3H3,(H,19,25)(H,20,26)(H,21,27). The number of rotatable bonds is 0. The molecule has 156 valence electrons. The second-order valence-electron chi connectivity index (χ2n) is 6.59. The first-order valence-electron chi connectivity index (χ1n) is 9.05. The van der Waals surface area contributed by atoms with Crippen LogP contribution < -0.4 is 16.0 Å². The molecule has 0 unspecified atom stereocenters. The highest BCUT2D eigenvalue weighted by Crippen LogP contribution is 2.21. The van der Waals surface area contributed by atoms with Crippen molar-refractivity contribution in [3.8, 4) is 0 Å². The summed E-state index contributed by atoms with van der Waals surface area (Å²) in [7, 11) is 0. The van der Waals surface area contributed by atoms with Crippen molar-refractivity contribution in [2.45, 2.75) is 40.4 Å². The van der Waals surface area contributed by atoms with E-state index in [1.165, 1.54) is 34.0 Å². The first kappa shape index (κ1) is 20.6. The number of hydrogen-bond donors (Lipinski definition) is 3. The molecule has 1 aliphatic rings. The Morgan fingerprint density at radius 1 is 0.567 bits per heavy atom. The zero-order valence-corrected chi connectivity index (χ0v) is 18.9. The van der Waals surface area contributed by atoms with Gasteiger partial charge in [0.15, 0.2) is 0 Å². The topological polar surface area (TPSA) is 126 Å². The summed E-state index contributed by atoms with van der Waals surface area (Å²) in [5.41, 5.74) is 0.969. The van der Waals surface area contributed by atoms with E-state index < -0.39 is 0 Å². The molecule has 0 aromatic carbocycles. The summed E-state index contributed by atoms with van der Waals surface area (Å²) in [5, 5.41) is 10.3. The molecule has 0 saturated heterocycles. The van der Waals surface area contributed by atoms with Gasteiger partial charge in [-0.2, -0.15) is 0 Å². The highest BCUT2D eigenvalue weighted by atomic mass is 32.1. The van der Waals surface area contributed by atoms with Crippen molar-refractivity contribution >= 4 is 51.7 Å². The van der Waals surface area contributed by atoms with Crippen molar-refractivity contribution in [1.82, 2.24) is 30.9 Å². The monoisotopic (exact) mass is 462 g/mol. The molecule has 12 heteroatoms. The van der Waals surface area contributed by atoms with Crippen molar-refractivity contribution in [2.75, 3.05) is 0 Å². The Kier molecular flexibility index (Phi) is 5.62. The Hall–Kier alpha value is -2.70. The van der Waals surface area contributed by atoms with Crippen molar-refractivity contribution in [3.63, 3.8) is 0 Å². The Morgan fingerprint density at radius 2 is 0.833 bits per heavy atom. The number of carbonyl (C=O) groups is 3. The lowest BCUT2D eigenvalue weighted by Gasteiger charge is -2.03. The van der Waals surface area contributed by atoms with Gasteiger partial charge in [0.25, 0.3) is 17.7 Å². The predicted octanol–water partition coefficient (Wildman–Crippen LogP) is 2.08. The number of aryl methyl sites for hydroxylation is 3. The normalized spacial score (nSPS) is 15.1. The molecule has 3 N–H and O–H groups in total. The van der Waals surface area contributed by atoms with Crippen molar-refractivity contribution in [2.24, 2.45) is 0 Å². The minimum atomic E-state index is -0.318. The lowest BCUT2D eigenvalue weighted by atomic mass is 10.3. The molecule has 0 aliphatic carbocycles. The number of hydrogen-bond acceptors (Lipinski definition) is 9. The van der Waals surface area contributed by atoms with Crippen LogP contribution in [-0.2, 0) is 19.6 Å². The summed E-state index contributed by atoms with van der Waals surface area (Å²) < 4.78 is 0. The molecular formula is C18H18N6O3S3. The molecule has 0 atom stereocenters. The minimum absolute atomic E-state index is 0.204. The molecule has 4 heterocycles. The van der Waals surface area contributed by atoms with Crippen LogP contribution in [0.5, 0.6) is 0 Å². The second-order valence-corrected chi connectivity index (χ2v) is 10.4. The van der Waals surface area contributed by atoms with Gasteiger partial charge in [-0.1, -0.05) is 0 Å². The Balaban J connectivity index is 1.67. The molecule has 3 aromatic heterocycles. The Morgan fingerprint density at radius 3 is 1.10 bits per heavy atom. The van der Waals surface area contributed by atoms with E-state index in [1.54, 1.807) is 0 Å². The van der Waals surface area contributed by atoms with Crippen molar-refractivity contribution < 1.29 is 14.4 Å². The summed E-state index contributed by atoms with van der Waals surface area (Å²) in [6, 6.07) is 0. The average molecular weight is 463 g/mol. The molecule has 0 saturated carbocycles. The maximum Gasteiger partial charge on any atom is 0.271 e. The molecular weight excluding hydrogens is 444 g/mol. The lowest BCUT2D eigenvalue weighted by Crippen LogP contribution is -2.26. The minimum Gasteiger partial charge on any atom is -0.344 e. The zero-order chi connectivity index (χ0) is 21.4. The molecule has 6 bridgehead atoms. The van der Waals surface area contributed by atoms with Gasteiger partial charge in [0.05, 0.1) is 19.6 Å². The van der Waals surface area contributed by atoms with Gasteiger partial charge in [0, 0.05) is 14.6 Å². The van der Waals surface area contributed by atoms with Crippen LogP contribution in [0.2, 0.25) is 0 Å². The summed E-state index contributed by atoms with van der Waals surface area (Å²) in [4.78, 5) is 53.0. The van der Waals surface area contributed by atoms with Crippen molar-refractivity contribution in [1.29, 1.82) is 0 Å². The van der Waals surface area contributed by atoms with Crippen LogP contribution in [-0.4, -0.2) is 32.7 Å². The fraction of sp³-hybridized carbons (Fsp3) is 0.333. The maximum absolute atomic E-state index is 12.5. The van der Waals surface area contributed by atoms with Crippen LogP contribution >= 0.6 is 34.0 Å². The van der Waals surface area contributed by atoms with Crippen LogP contribution in [0.25, 0.3) is 0 Å². The smallest absolute Gasteiger partial charge is 0.271 e. The van der Waals surface area contributed by atoms with E-state index in [0.717, 1.165) is 14.6 Å². The first-order chi connectivity index (χ1) is 14.3. The number of nitrogens with zero attached hydrogens (tertiary/aromatic N) is 3. The molecule has 3 amide bonds. The third-order valence-electron chi connectivity index (χ3n) is 4.37. The van der Waals surface area contributed by atoms with Gasteiger partial charge in [-0.3, -0.25) is 14.4 Å². The van der Waals surface area contributed by atoms with Crippen LogP contribution in [0.15, 0.2) is 0 Å². The molecule has 9 nitrogen and oxygen atoms in total. The average Bonchev–Trinajstić information content (AvgIpc) is 3.38.